The van der Waals surface area contributed by atoms with E-state index in [1.165, 1.54) is 12.3 Å². The van der Waals surface area contributed by atoms with E-state index in [0.717, 1.165) is 12.8 Å². The molecule has 0 amide bonds. The summed E-state index contributed by atoms with van der Waals surface area (Å²) in [5.74, 6) is 0.0671. The molecular weight excluding hydrogens is 398 g/mol. The molecule has 0 aliphatic heterocycles. The van der Waals surface area contributed by atoms with Crippen LogP contribution in [-0.4, -0.2) is 34.8 Å². The fourth-order valence-electron chi connectivity index (χ4n) is 2.47. The van der Waals surface area contributed by atoms with Crippen molar-refractivity contribution in [2.75, 3.05) is 18.5 Å². The lowest BCUT2D eigenvalue weighted by atomic mass is 10.1. The molecule has 0 atom stereocenters. The molecule has 8 nitrogen and oxygen atoms in total. The molecule has 0 fully saturated rings. The highest BCUT2D eigenvalue weighted by atomic mass is 35.5. The average molecular weight is 420 g/mol. The van der Waals surface area contributed by atoms with Crippen LogP contribution in [-0.2, 0) is 9.53 Å². The normalized spacial score (nSPS) is 10.4. The van der Waals surface area contributed by atoms with Crippen molar-refractivity contribution < 1.29 is 19.2 Å². The lowest BCUT2D eigenvalue weighted by Crippen LogP contribution is -2.09. The van der Waals surface area contributed by atoms with Gasteiger partial charge in [0.15, 0.2) is 5.78 Å². The molecule has 1 aromatic heterocycles. The lowest BCUT2D eigenvalue weighted by Gasteiger charge is -2.06. The van der Waals surface area contributed by atoms with Crippen molar-refractivity contribution in [2.45, 2.75) is 32.1 Å². The average Bonchev–Trinajstić information content (AvgIpc) is 2.72. The molecule has 1 aromatic carbocycles. The maximum atomic E-state index is 12.0. The number of unbranched alkanes of at least 4 members (excludes halogenated alkanes) is 2. The minimum atomic E-state index is -0.494. The van der Waals surface area contributed by atoms with Crippen molar-refractivity contribution in [3.63, 3.8) is 0 Å². The number of nitro groups is 1. The lowest BCUT2D eigenvalue weighted by molar-refractivity contribution is -0.385. The number of carbonyl (C=O) groups excluding carboxylic acids is 2. The fraction of sp³-hybridized carbons (Fsp3) is 0.350. The van der Waals surface area contributed by atoms with E-state index in [1.54, 1.807) is 30.3 Å². The molecule has 0 bridgehead atoms. The summed E-state index contributed by atoms with van der Waals surface area (Å²) < 4.78 is 5.14. The number of nitrogens with one attached hydrogen (secondary N) is 1. The SMILES string of the molecule is O=C(CCC(=O)c1ccc(Cl)cc1)OCCCCCNc1ccc([N+](=O)[O-])cn1. The van der Waals surface area contributed by atoms with Crippen LogP contribution in [0.15, 0.2) is 42.6 Å². The van der Waals surface area contributed by atoms with Gasteiger partial charge in [0.25, 0.3) is 5.69 Å². The second kappa shape index (κ2) is 11.8. The molecule has 9 heteroatoms. The van der Waals surface area contributed by atoms with E-state index >= 15 is 0 Å². The largest absolute Gasteiger partial charge is 0.466 e. The number of hydrogen-bond acceptors (Lipinski definition) is 7. The summed E-state index contributed by atoms with van der Waals surface area (Å²) in [6, 6.07) is 9.50. The van der Waals surface area contributed by atoms with E-state index in [0.29, 0.717) is 36.0 Å². The molecule has 0 spiro atoms. The van der Waals surface area contributed by atoms with Crippen LogP contribution in [0.4, 0.5) is 11.5 Å². The Labute approximate surface area is 173 Å². The van der Waals surface area contributed by atoms with Gasteiger partial charge in [0.05, 0.1) is 18.0 Å². The summed E-state index contributed by atoms with van der Waals surface area (Å²) in [7, 11) is 0. The second-order valence-electron chi connectivity index (χ2n) is 6.30. The first kappa shape index (κ1) is 22.3. The Balaban J connectivity index is 1.51. The van der Waals surface area contributed by atoms with Crippen molar-refractivity contribution >= 4 is 34.9 Å². The van der Waals surface area contributed by atoms with E-state index in [9.17, 15) is 19.7 Å². The smallest absolute Gasteiger partial charge is 0.306 e. The summed E-state index contributed by atoms with van der Waals surface area (Å²) in [5, 5.41) is 14.2. The molecule has 29 heavy (non-hydrogen) atoms. The molecule has 1 N–H and O–H groups in total. The first-order valence-electron chi connectivity index (χ1n) is 9.24. The van der Waals surface area contributed by atoms with E-state index in [-0.39, 0.29) is 30.3 Å². The summed E-state index contributed by atoms with van der Waals surface area (Å²) in [6.45, 7) is 0.970. The zero-order valence-corrected chi connectivity index (χ0v) is 16.6. The highest BCUT2D eigenvalue weighted by Gasteiger charge is 2.10. The van der Waals surface area contributed by atoms with E-state index in [2.05, 4.69) is 10.3 Å². The highest BCUT2D eigenvalue weighted by Crippen LogP contribution is 2.13. The molecular formula is C20H22ClN3O5. The van der Waals surface area contributed by atoms with Gasteiger partial charge < -0.3 is 10.1 Å². The zero-order valence-electron chi connectivity index (χ0n) is 15.8. The van der Waals surface area contributed by atoms with Crippen LogP contribution in [0.1, 0.15) is 42.5 Å². The number of aromatic nitrogens is 1. The maximum absolute atomic E-state index is 12.0. The molecule has 0 saturated heterocycles. The van der Waals surface area contributed by atoms with Gasteiger partial charge in [-0.2, -0.15) is 0 Å². The van der Waals surface area contributed by atoms with Crippen molar-refractivity contribution in [3.8, 4) is 0 Å². The number of anilines is 1. The Morgan fingerprint density at radius 1 is 1.07 bits per heavy atom. The molecule has 2 rings (SSSR count). The number of ketones is 1. The fourth-order valence-corrected chi connectivity index (χ4v) is 2.60. The Morgan fingerprint density at radius 2 is 1.83 bits per heavy atom. The third-order valence-corrected chi connectivity index (χ3v) is 4.32. The van der Waals surface area contributed by atoms with Gasteiger partial charge >= 0.3 is 5.97 Å². The zero-order chi connectivity index (χ0) is 21.1. The maximum Gasteiger partial charge on any atom is 0.306 e. The number of Topliss-reactive ketones (excluding diaryl/α,β-unsaturated/α-hetero) is 1. The third-order valence-electron chi connectivity index (χ3n) is 4.07. The molecule has 0 radical (unpaired) electrons. The quantitative estimate of drug-likeness (QED) is 0.178. The monoisotopic (exact) mass is 419 g/mol. The van der Waals surface area contributed by atoms with Crippen LogP contribution in [0.5, 0.6) is 0 Å². The summed E-state index contributed by atoms with van der Waals surface area (Å²) in [5.41, 5.74) is 0.476. The number of benzene rings is 1. The van der Waals surface area contributed by atoms with Gasteiger partial charge in [0.1, 0.15) is 12.0 Å². The van der Waals surface area contributed by atoms with Gasteiger partial charge in [-0.1, -0.05) is 11.6 Å². The predicted molar refractivity (Wildman–Crippen MR) is 109 cm³/mol. The molecule has 0 aliphatic carbocycles. The third kappa shape index (κ3) is 8.27. The van der Waals surface area contributed by atoms with Crippen molar-refractivity contribution in [3.05, 3.63) is 63.3 Å². The van der Waals surface area contributed by atoms with Gasteiger partial charge in [-0.25, -0.2) is 4.98 Å². The summed E-state index contributed by atoms with van der Waals surface area (Å²) >= 11 is 5.78. The minimum absolute atomic E-state index is 0.0489. The first-order valence-corrected chi connectivity index (χ1v) is 9.62. The Bertz CT molecular complexity index is 825. The minimum Gasteiger partial charge on any atom is -0.466 e. The molecule has 2 aromatic rings. The van der Waals surface area contributed by atoms with Crippen LogP contribution in [0.3, 0.4) is 0 Å². The molecule has 1 heterocycles. The Hall–Kier alpha value is -3.00. The molecule has 0 aliphatic rings. The van der Waals surface area contributed by atoms with E-state index in [4.69, 9.17) is 16.3 Å². The van der Waals surface area contributed by atoms with Gasteiger partial charge in [0, 0.05) is 29.6 Å². The summed E-state index contributed by atoms with van der Waals surface area (Å²) in [6.07, 6.45) is 3.76. The topological polar surface area (TPSA) is 111 Å². The van der Waals surface area contributed by atoms with Gasteiger partial charge in [0.2, 0.25) is 0 Å². The molecule has 154 valence electrons. The number of rotatable bonds is 12. The van der Waals surface area contributed by atoms with Crippen LogP contribution >= 0.6 is 11.6 Å². The van der Waals surface area contributed by atoms with Crippen LogP contribution in [0.2, 0.25) is 5.02 Å². The predicted octanol–water partition coefficient (Wildman–Crippen LogP) is 4.43. The number of esters is 1. The summed E-state index contributed by atoms with van der Waals surface area (Å²) in [4.78, 5) is 37.7. The number of ether oxygens (including phenoxy) is 1. The van der Waals surface area contributed by atoms with Crippen molar-refractivity contribution in [1.82, 2.24) is 4.98 Å². The molecule has 0 unspecified atom stereocenters. The number of hydrogen-bond donors (Lipinski definition) is 1. The van der Waals surface area contributed by atoms with Crippen molar-refractivity contribution in [1.29, 1.82) is 0 Å². The number of nitrogens with zero attached hydrogens (tertiary/aromatic N) is 2. The first-order chi connectivity index (χ1) is 14.0. The number of pyridine rings is 1. The number of carbonyl (C=O) groups is 2. The Kier molecular flexibility index (Phi) is 9.04. The van der Waals surface area contributed by atoms with Gasteiger partial charge in [-0.15, -0.1) is 0 Å². The van der Waals surface area contributed by atoms with Crippen molar-refractivity contribution in [2.24, 2.45) is 0 Å². The van der Waals surface area contributed by atoms with E-state index in [1.807, 2.05) is 0 Å². The van der Waals surface area contributed by atoms with Gasteiger partial charge in [-0.3, -0.25) is 19.7 Å². The highest BCUT2D eigenvalue weighted by molar-refractivity contribution is 6.30. The van der Waals surface area contributed by atoms with E-state index < -0.39 is 4.92 Å². The Morgan fingerprint density at radius 3 is 2.48 bits per heavy atom. The number of halogens is 1. The van der Waals surface area contributed by atoms with Crippen LogP contribution in [0.25, 0.3) is 0 Å². The second-order valence-corrected chi connectivity index (χ2v) is 6.73. The molecule has 0 saturated carbocycles. The standard InChI is InChI=1S/C20H22ClN3O5/c21-16-6-4-15(5-7-16)18(25)9-11-20(26)29-13-3-1-2-12-22-19-10-8-17(14-23-19)24(27)28/h4-8,10,14H,1-3,9,11-13H2,(H,22,23). The van der Waals surface area contributed by atoms with Crippen LogP contribution in [0, 0.1) is 10.1 Å². The van der Waals surface area contributed by atoms with Crippen LogP contribution < -0.4 is 5.32 Å². The van der Waals surface area contributed by atoms with Gasteiger partial charge in [-0.05, 0) is 49.6 Å².